The Morgan fingerprint density at radius 1 is 1.55 bits per heavy atom. The zero-order valence-corrected chi connectivity index (χ0v) is 8.54. The molecule has 0 amide bonds. The van der Waals surface area contributed by atoms with E-state index in [1.807, 2.05) is 7.05 Å². The van der Waals surface area contributed by atoms with Crippen LogP contribution in [0.1, 0.15) is 26.7 Å². The van der Waals surface area contributed by atoms with Gasteiger partial charge < -0.3 is 5.32 Å². The fourth-order valence-corrected chi connectivity index (χ4v) is 2.25. The van der Waals surface area contributed by atoms with E-state index in [1.165, 1.54) is 0 Å². The first-order valence-electron chi connectivity index (χ1n) is 4.23. The van der Waals surface area contributed by atoms with Crippen molar-refractivity contribution in [3.05, 3.63) is 0 Å². The van der Waals surface area contributed by atoms with Gasteiger partial charge in [-0.25, -0.2) is 0 Å². The molecule has 0 aliphatic carbocycles. The molecule has 3 heteroatoms. The van der Waals surface area contributed by atoms with Crippen molar-refractivity contribution in [1.82, 2.24) is 5.32 Å². The summed E-state index contributed by atoms with van der Waals surface area (Å²) in [4.78, 5) is 0. The average molecular weight is 177 g/mol. The standard InChI is InChI=1S/C8H19NOS/c1-4-5-6-11(10)7-8(2)9-3/h8-9H,4-7H2,1-3H3. The maximum absolute atomic E-state index is 11.2. The van der Waals surface area contributed by atoms with Crippen LogP contribution in [0.5, 0.6) is 0 Å². The highest BCUT2D eigenvalue weighted by atomic mass is 32.2. The predicted molar refractivity (Wildman–Crippen MR) is 51.3 cm³/mol. The lowest BCUT2D eigenvalue weighted by molar-refractivity contribution is 0.643. The van der Waals surface area contributed by atoms with Gasteiger partial charge in [0.15, 0.2) is 0 Å². The van der Waals surface area contributed by atoms with Gasteiger partial charge in [0, 0.05) is 28.3 Å². The van der Waals surface area contributed by atoms with E-state index < -0.39 is 10.8 Å². The molecule has 0 aromatic rings. The molecule has 11 heavy (non-hydrogen) atoms. The van der Waals surface area contributed by atoms with Crippen molar-refractivity contribution >= 4 is 10.8 Å². The predicted octanol–water partition coefficient (Wildman–Crippen LogP) is 1.14. The summed E-state index contributed by atoms with van der Waals surface area (Å²) >= 11 is 0. The van der Waals surface area contributed by atoms with Crippen molar-refractivity contribution in [3.63, 3.8) is 0 Å². The summed E-state index contributed by atoms with van der Waals surface area (Å²) < 4.78 is 11.2. The minimum atomic E-state index is -0.612. The topological polar surface area (TPSA) is 29.1 Å². The lowest BCUT2D eigenvalue weighted by Gasteiger charge is -2.08. The summed E-state index contributed by atoms with van der Waals surface area (Å²) in [7, 11) is 1.29. The van der Waals surface area contributed by atoms with Crippen molar-refractivity contribution < 1.29 is 4.21 Å². The van der Waals surface area contributed by atoms with Gasteiger partial charge in [-0.3, -0.25) is 4.21 Å². The van der Waals surface area contributed by atoms with E-state index in [0.29, 0.717) is 6.04 Å². The first kappa shape index (κ1) is 11.1. The molecular formula is C8H19NOS. The monoisotopic (exact) mass is 177 g/mol. The molecule has 0 saturated carbocycles. The second-order valence-corrected chi connectivity index (χ2v) is 4.48. The lowest BCUT2D eigenvalue weighted by Crippen LogP contribution is -2.28. The first-order valence-corrected chi connectivity index (χ1v) is 5.71. The van der Waals surface area contributed by atoms with E-state index >= 15 is 0 Å². The van der Waals surface area contributed by atoms with Gasteiger partial charge in [0.2, 0.25) is 0 Å². The van der Waals surface area contributed by atoms with Crippen molar-refractivity contribution in [3.8, 4) is 0 Å². The Bertz CT molecular complexity index is 117. The van der Waals surface area contributed by atoms with Crippen molar-refractivity contribution in [2.45, 2.75) is 32.7 Å². The molecule has 0 heterocycles. The molecule has 2 atom stereocenters. The molecule has 0 rings (SSSR count). The Morgan fingerprint density at radius 3 is 2.64 bits per heavy atom. The zero-order chi connectivity index (χ0) is 8.69. The highest BCUT2D eigenvalue weighted by Gasteiger charge is 2.03. The average Bonchev–Trinajstić information content (AvgIpc) is 2.00. The molecule has 0 aromatic carbocycles. The van der Waals surface area contributed by atoms with E-state index in [1.54, 1.807) is 0 Å². The fraction of sp³-hybridized carbons (Fsp3) is 1.00. The number of hydrogen-bond acceptors (Lipinski definition) is 2. The Morgan fingerprint density at radius 2 is 2.18 bits per heavy atom. The number of rotatable bonds is 6. The molecular weight excluding hydrogens is 158 g/mol. The van der Waals surface area contributed by atoms with Gasteiger partial charge in [0.05, 0.1) is 0 Å². The molecule has 0 aliphatic rings. The largest absolute Gasteiger partial charge is 0.316 e. The van der Waals surface area contributed by atoms with Crippen LogP contribution < -0.4 is 5.32 Å². The summed E-state index contributed by atoms with van der Waals surface area (Å²) in [6.07, 6.45) is 2.22. The van der Waals surface area contributed by atoms with Crippen LogP contribution in [0.15, 0.2) is 0 Å². The third kappa shape index (κ3) is 6.51. The van der Waals surface area contributed by atoms with Crippen LogP contribution in [0.2, 0.25) is 0 Å². The van der Waals surface area contributed by atoms with E-state index in [9.17, 15) is 4.21 Å². The summed E-state index contributed by atoms with van der Waals surface area (Å²) in [6.45, 7) is 4.18. The van der Waals surface area contributed by atoms with Crippen LogP contribution in [0, 0.1) is 0 Å². The number of unbranched alkanes of at least 4 members (excludes halogenated alkanes) is 1. The molecule has 0 fully saturated rings. The second-order valence-electron chi connectivity index (χ2n) is 2.85. The molecule has 0 bridgehead atoms. The molecule has 0 spiro atoms. The fourth-order valence-electron chi connectivity index (χ4n) is 0.751. The highest BCUT2D eigenvalue weighted by molar-refractivity contribution is 7.85. The SMILES string of the molecule is CCCCS(=O)CC(C)NC. The summed E-state index contributed by atoms with van der Waals surface area (Å²) in [6, 6.07) is 0.382. The third-order valence-electron chi connectivity index (χ3n) is 1.65. The van der Waals surface area contributed by atoms with Gasteiger partial charge >= 0.3 is 0 Å². The molecule has 2 unspecified atom stereocenters. The Hall–Kier alpha value is 0.110. The molecule has 68 valence electrons. The van der Waals surface area contributed by atoms with Crippen molar-refractivity contribution in [1.29, 1.82) is 0 Å². The summed E-state index contributed by atoms with van der Waals surface area (Å²) in [5.41, 5.74) is 0. The molecule has 0 aromatic heterocycles. The van der Waals surface area contributed by atoms with Gasteiger partial charge in [0.1, 0.15) is 0 Å². The zero-order valence-electron chi connectivity index (χ0n) is 7.72. The van der Waals surface area contributed by atoms with E-state index in [-0.39, 0.29) is 0 Å². The second kappa shape index (κ2) is 6.80. The van der Waals surface area contributed by atoms with Gasteiger partial charge in [0.25, 0.3) is 0 Å². The van der Waals surface area contributed by atoms with Gasteiger partial charge in [-0.15, -0.1) is 0 Å². The highest BCUT2D eigenvalue weighted by Crippen LogP contribution is 1.94. The molecule has 0 saturated heterocycles. The first-order chi connectivity index (χ1) is 5.20. The maximum Gasteiger partial charge on any atom is 0.0386 e. The summed E-state index contributed by atoms with van der Waals surface area (Å²) in [5.74, 6) is 1.65. The molecule has 0 radical (unpaired) electrons. The van der Waals surface area contributed by atoms with E-state index in [2.05, 4.69) is 19.2 Å². The minimum Gasteiger partial charge on any atom is -0.316 e. The Kier molecular flexibility index (Phi) is 6.87. The van der Waals surface area contributed by atoms with Crippen LogP contribution in [0.25, 0.3) is 0 Å². The van der Waals surface area contributed by atoms with Crippen molar-refractivity contribution in [2.75, 3.05) is 18.6 Å². The third-order valence-corrected chi connectivity index (χ3v) is 3.27. The molecule has 0 aliphatic heterocycles. The quantitative estimate of drug-likeness (QED) is 0.659. The van der Waals surface area contributed by atoms with E-state index in [4.69, 9.17) is 0 Å². The number of hydrogen-bond donors (Lipinski definition) is 1. The Labute approximate surface area is 72.2 Å². The minimum absolute atomic E-state index is 0.382. The van der Waals surface area contributed by atoms with Crippen molar-refractivity contribution in [2.24, 2.45) is 0 Å². The number of nitrogens with one attached hydrogen (secondary N) is 1. The summed E-state index contributed by atoms with van der Waals surface area (Å²) in [5, 5.41) is 3.08. The van der Waals surface area contributed by atoms with Crippen LogP contribution in [-0.2, 0) is 10.8 Å². The lowest BCUT2D eigenvalue weighted by atomic mass is 10.4. The maximum atomic E-state index is 11.2. The van der Waals surface area contributed by atoms with Gasteiger partial charge in [-0.2, -0.15) is 0 Å². The van der Waals surface area contributed by atoms with Gasteiger partial charge in [-0.1, -0.05) is 13.3 Å². The molecule has 2 nitrogen and oxygen atoms in total. The van der Waals surface area contributed by atoms with Crippen LogP contribution >= 0.6 is 0 Å². The van der Waals surface area contributed by atoms with Crippen LogP contribution in [0.4, 0.5) is 0 Å². The van der Waals surface area contributed by atoms with Crippen LogP contribution in [-0.4, -0.2) is 28.8 Å². The van der Waals surface area contributed by atoms with Crippen LogP contribution in [0.3, 0.4) is 0 Å². The molecule has 1 N–H and O–H groups in total. The Balaban J connectivity index is 3.36. The normalized spacial score (nSPS) is 16.3. The van der Waals surface area contributed by atoms with E-state index in [0.717, 1.165) is 24.3 Å². The van der Waals surface area contributed by atoms with Gasteiger partial charge in [-0.05, 0) is 20.4 Å². The smallest absolute Gasteiger partial charge is 0.0386 e.